The van der Waals surface area contributed by atoms with E-state index in [9.17, 15) is 20.4 Å². The van der Waals surface area contributed by atoms with Gasteiger partial charge in [0.2, 0.25) is 0 Å². The van der Waals surface area contributed by atoms with Crippen LogP contribution in [0.25, 0.3) is 0 Å². The summed E-state index contributed by atoms with van der Waals surface area (Å²) in [5.74, 6) is 0.927. The van der Waals surface area contributed by atoms with E-state index in [1.54, 1.807) is 0 Å². The van der Waals surface area contributed by atoms with E-state index in [1.807, 2.05) is 6.92 Å². The van der Waals surface area contributed by atoms with Crippen molar-refractivity contribution < 1.29 is 20.4 Å². The summed E-state index contributed by atoms with van der Waals surface area (Å²) in [7, 11) is 0. The maximum absolute atomic E-state index is 11.8. The van der Waals surface area contributed by atoms with Gasteiger partial charge in [-0.15, -0.1) is 0 Å². The summed E-state index contributed by atoms with van der Waals surface area (Å²) < 4.78 is 0. The molecule has 0 heterocycles. The molecule has 0 aromatic carbocycles. The number of hydrogen-bond acceptors (Lipinski definition) is 4. The summed E-state index contributed by atoms with van der Waals surface area (Å²) in [6.07, 6.45) is 7.12. The molecule has 0 radical (unpaired) electrons. The van der Waals surface area contributed by atoms with Gasteiger partial charge in [0, 0.05) is 0 Å². The predicted octanol–water partition coefficient (Wildman–Crippen LogP) is 6.01. The highest BCUT2D eigenvalue weighted by Crippen LogP contribution is 2.75. The molecule has 4 N–H and O–H groups in total. The van der Waals surface area contributed by atoms with Crippen LogP contribution >= 0.6 is 0 Å². The highest BCUT2D eigenvalue weighted by molar-refractivity contribution is 5.41. The summed E-state index contributed by atoms with van der Waals surface area (Å²) >= 11 is 0. The maximum atomic E-state index is 11.8. The van der Waals surface area contributed by atoms with Crippen molar-refractivity contribution in [1.82, 2.24) is 0 Å². The fourth-order valence-corrected chi connectivity index (χ4v) is 10.2. The second kappa shape index (κ2) is 8.82. The summed E-state index contributed by atoms with van der Waals surface area (Å²) in [4.78, 5) is 0. The number of rotatable bonds is 6. The molecule has 0 aromatic heterocycles. The van der Waals surface area contributed by atoms with Crippen LogP contribution in [0.4, 0.5) is 0 Å². The molecule has 202 valence electrons. The van der Waals surface area contributed by atoms with E-state index in [0.29, 0.717) is 18.8 Å². The van der Waals surface area contributed by atoms with Crippen molar-refractivity contribution in [3.8, 4) is 0 Å². The topological polar surface area (TPSA) is 80.9 Å². The standard InChI is InChI=1S/C31H54O4/c1-9-27(4)24(34)13-15-28(5)23-17-21(32)25-20(31(8,35)14-10-11-19(2)3)12-16-29(25,6)30(23,7)18-22(33)26(27)28/h19,21-24,26,32-35H,9-18H2,1-8H3/t21?,22-,23?,24?,26?,27?,28?,29+,30?,31-/m0/s1. The normalized spacial score (nSPS) is 49.5. The Kier molecular flexibility index (Phi) is 6.96. The van der Waals surface area contributed by atoms with Gasteiger partial charge in [-0.3, -0.25) is 0 Å². The van der Waals surface area contributed by atoms with E-state index < -0.39 is 17.8 Å². The molecule has 4 rings (SSSR count). The van der Waals surface area contributed by atoms with Crippen molar-refractivity contribution in [3.05, 3.63) is 11.1 Å². The minimum Gasteiger partial charge on any atom is -0.393 e. The zero-order valence-electron chi connectivity index (χ0n) is 23.8. The largest absolute Gasteiger partial charge is 0.393 e. The molecular weight excluding hydrogens is 436 g/mol. The molecule has 0 saturated heterocycles. The van der Waals surface area contributed by atoms with Gasteiger partial charge in [-0.2, -0.15) is 0 Å². The first-order chi connectivity index (χ1) is 16.1. The maximum Gasteiger partial charge on any atom is 0.0832 e. The minimum absolute atomic E-state index is 0.0307. The van der Waals surface area contributed by atoms with Gasteiger partial charge < -0.3 is 20.4 Å². The van der Waals surface area contributed by atoms with Crippen LogP contribution in [0, 0.1) is 39.4 Å². The highest BCUT2D eigenvalue weighted by Gasteiger charge is 2.71. The average Bonchev–Trinajstić information content (AvgIpc) is 3.13. The van der Waals surface area contributed by atoms with Crippen molar-refractivity contribution >= 4 is 0 Å². The molecule has 0 bridgehead atoms. The summed E-state index contributed by atoms with van der Waals surface area (Å²) in [6, 6.07) is 0. The second-order valence-corrected chi connectivity index (χ2v) is 14.7. The molecule has 7 unspecified atom stereocenters. The zero-order valence-corrected chi connectivity index (χ0v) is 23.8. The van der Waals surface area contributed by atoms with E-state index in [-0.39, 0.29) is 39.6 Å². The molecule has 3 fully saturated rings. The fraction of sp³-hybridized carbons (Fsp3) is 0.935. The molecular formula is C31H54O4. The third-order valence-corrected chi connectivity index (χ3v) is 12.4. The molecule has 35 heavy (non-hydrogen) atoms. The highest BCUT2D eigenvalue weighted by atomic mass is 16.3. The summed E-state index contributed by atoms with van der Waals surface area (Å²) in [5.41, 5.74) is 0.454. The molecule has 0 aromatic rings. The van der Waals surface area contributed by atoms with E-state index in [0.717, 1.165) is 62.5 Å². The quantitative estimate of drug-likeness (QED) is 0.344. The third kappa shape index (κ3) is 3.82. The van der Waals surface area contributed by atoms with E-state index in [4.69, 9.17) is 0 Å². The molecule has 4 aliphatic rings. The SMILES string of the molecule is CCC1(C)C(O)CCC2(C)C1[C@@H](O)CC1(C)C2CC(O)C2=C([C@@](C)(O)CCCC(C)C)CC[C@]21C. The van der Waals surface area contributed by atoms with Crippen LogP contribution in [0.15, 0.2) is 11.1 Å². The number of hydrogen-bond donors (Lipinski definition) is 4. The molecule has 4 aliphatic carbocycles. The van der Waals surface area contributed by atoms with Crippen LogP contribution in [0.5, 0.6) is 0 Å². The van der Waals surface area contributed by atoms with Gasteiger partial charge in [-0.1, -0.05) is 61.3 Å². The Morgan fingerprint density at radius 1 is 1.06 bits per heavy atom. The number of aliphatic hydroxyl groups is 4. The third-order valence-electron chi connectivity index (χ3n) is 12.4. The van der Waals surface area contributed by atoms with Crippen molar-refractivity contribution in [2.24, 2.45) is 39.4 Å². The van der Waals surface area contributed by atoms with Gasteiger partial charge in [0.15, 0.2) is 0 Å². The lowest BCUT2D eigenvalue weighted by molar-refractivity contribution is -0.251. The Morgan fingerprint density at radius 2 is 1.71 bits per heavy atom. The Balaban J connectivity index is 1.75. The van der Waals surface area contributed by atoms with E-state index >= 15 is 0 Å². The van der Waals surface area contributed by atoms with Crippen molar-refractivity contribution in [3.63, 3.8) is 0 Å². The van der Waals surface area contributed by atoms with Crippen molar-refractivity contribution in [1.29, 1.82) is 0 Å². The van der Waals surface area contributed by atoms with Crippen LogP contribution in [-0.2, 0) is 0 Å². The fourth-order valence-electron chi connectivity index (χ4n) is 10.2. The van der Waals surface area contributed by atoms with Crippen LogP contribution in [-0.4, -0.2) is 44.3 Å². The van der Waals surface area contributed by atoms with Gasteiger partial charge in [0.1, 0.15) is 0 Å². The van der Waals surface area contributed by atoms with Crippen molar-refractivity contribution in [2.75, 3.05) is 0 Å². The Labute approximate surface area is 214 Å². The zero-order chi connectivity index (χ0) is 26.2. The van der Waals surface area contributed by atoms with E-state index in [1.165, 1.54) is 0 Å². The molecule has 0 aliphatic heterocycles. The van der Waals surface area contributed by atoms with E-state index in [2.05, 4.69) is 48.5 Å². The van der Waals surface area contributed by atoms with Gasteiger partial charge in [-0.05, 0) is 109 Å². The lowest BCUT2D eigenvalue weighted by Gasteiger charge is -2.70. The van der Waals surface area contributed by atoms with Crippen molar-refractivity contribution in [2.45, 2.75) is 144 Å². The molecule has 3 saturated carbocycles. The Morgan fingerprint density at radius 3 is 2.31 bits per heavy atom. The lowest BCUT2D eigenvalue weighted by atomic mass is 9.35. The van der Waals surface area contributed by atoms with Gasteiger partial charge in [0.05, 0.1) is 23.9 Å². The predicted molar refractivity (Wildman–Crippen MR) is 142 cm³/mol. The lowest BCUT2D eigenvalue weighted by Crippen LogP contribution is -2.68. The smallest absolute Gasteiger partial charge is 0.0832 e. The summed E-state index contributed by atoms with van der Waals surface area (Å²) in [5, 5.41) is 46.3. The van der Waals surface area contributed by atoms with Gasteiger partial charge in [-0.25, -0.2) is 0 Å². The Bertz CT molecular complexity index is 847. The van der Waals surface area contributed by atoms with Gasteiger partial charge >= 0.3 is 0 Å². The first-order valence-corrected chi connectivity index (χ1v) is 14.6. The first kappa shape index (κ1) is 27.6. The molecule has 4 heteroatoms. The van der Waals surface area contributed by atoms with Crippen LogP contribution in [0.1, 0.15) is 120 Å². The second-order valence-electron chi connectivity index (χ2n) is 14.7. The monoisotopic (exact) mass is 490 g/mol. The molecule has 10 atom stereocenters. The number of aliphatic hydroxyl groups excluding tert-OH is 3. The number of fused-ring (bicyclic) bond motifs is 5. The van der Waals surface area contributed by atoms with Crippen LogP contribution in [0.2, 0.25) is 0 Å². The molecule has 0 amide bonds. The first-order valence-electron chi connectivity index (χ1n) is 14.6. The Hall–Kier alpha value is -0.420. The minimum atomic E-state index is -0.887. The van der Waals surface area contributed by atoms with Crippen LogP contribution < -0.4 is 0 Å². The average molecular weight is 491 g/mol. The molecule has 4 nitrogen and oxygen atoms in total. The summed E-state index contributed by atoms with van der Waals surface area (Å²) in [6.45, 7) is 17.8. The van der Waals surface area contributed by atoms with Crippen LogP contribution in [0.3, 0.4) is 0 Å². The van der Waals surface area contributed by atoms with Gasteiger partial charge in [0.25, 0.3) is 0 Å². The molecule has 0 spiro atoms.